The van der Waals surface area contributed by atoms with Gasteiger partial charge in [0.2, 0.25) is 5.95 Å². The average Bonchev–Trinajstić information content (AvgIpc) is 3.02. The molecule has 5 aliphatic rings. The minimum Gasteiger partial charge on any atom is -0.417 e. The van der Waals surface area contributed by atoms with Crippen LogP contribution in [0.4, 0.5) is 11.8 Å². The van der Waals surface area contributed by atoms with E-state index < -0.39 is 8.32 Å². The summed E-state index contributed by atoms with van der Waals surface area (Å²) in [5.74, 6) is 5.04. The van der Waals surface area contributed by atoms with Gasteiger partial charge in [-0.3, -0.25) is 0 Å². The zero-order valence-corrected chi connectivity index (χ0v) is 30.4. The van der Waals surface area contributed by atoms with Gasteiger partial charge in [-0.15, -0.1) is 0 Å². The van der Waals surface area contributed by atoms with Crippen molar-refractivity contribution in [3.8, 4) is 6.07 Å². The van der Waals surface area contributed by atoms with E-state index in [0.717, 1.165) is 48.3 Å². The topological polar surface area (TPSA) is 94.9 Å². The highest BCUT2D eigenvalue weighted by molar-refractivity contribution is 6.74. The lowest BCUT2D eigenvalue weighted by atomic mass is 9.48. The molecule has 4 bridgehead atoms. The van der Waals surface area contributed by atoms with Crippen LogP contribution in [0.1, 0.15) is 89.7 Å². The Bertz CT molecular complexity index is 1380. The molecule has 1 heterocycles. The first-order valence-corrected chi connectivity index (χ1v) is 21.1. The number of nitriles is 1. The number of nitrogens with zero attached hydrogens (tertiary/aromatic N) is 3. The van der Waals surface area contributed by atoms with E-state index in [1.165, 1.54) is 64.3 Å². The molecule has 0 saturated heterocycles. The molecule has 0 amide bonds. The Hall–Kier alpha value is -2.18. The van der Waals surface area contributed by atoms with E-state index in [2.05, 4.69) is 60.9 Å². The molecule has 5 saturated carbocycles. The lowest BCUT2D eigenvalue weighted by molar-refractivity contribution is -0.0703. The summed E-state index contributed by atoms with van der Waals surface area (Å²) in [6.45, 7) is 15.3. The quantitative estimate of drug-likeness (QED) is 0.196. The lowest BCUT2D eigenvalue weighted by Crippen LogP contribution is -2.60. The smallest absolute Gasteiger partial charge is 0.224 e. The number of hydrogen-bond acceptors (Lipinski definition) is 7. The Morgan fingerprint density at radius 2 is 1.72 bits per heavy atom. The van der Waals surface area contributed by atoms with E-state index in [1.807, 2.05) is 24.3 Å². The molecule has 3 N–H and O–H groups in total. The maximum atomic E-state index is 9.80. The highest BCUT2D eigenvalue weighted by atomic mass is 35.5. The van der Waals surface area contributed by atoms with Crippen LogP contribution in [-0.4, -0.2) is 44.0 Å². The Balaban J connectivity index is 0.992. The molecule has 5 aliphatic carbocycles. The Labute approximate surface area is 283 Å². The highest BCUT2D eigenvalue weighted by Crippen LogP contribution is 2.60. The fourth-order valence-electron chi connectivity index (χ4n) is 8.96. The summed E-state index contributed by atoms with van der Waals surface area (Å²) in [6.07, 6.45) is 13.5. The largest absolute Gasteiger partial charge is 0.417 e. The van der Waals surface area contributed by atoms with E-state index in [1.54, 1.807) is 6.20 Å². The van der Waals surface area contributed by atoms with Crippen LogP contribution in [0.5, 0.6) is 0 Å². The maximum Gasteiger partial charge on any atom is 0.224 e. The molecular weight excluding hydrogens is 608 g/mol. The summed E-state index contributed by atoms with van der Waals surface area (Å²) in [7, 11) is -1.66. The van der Waals surface area contributed by atoms with Crippen molar-refractivity contribution in [2.75, 3.05) is 30.3 Å². The second kappa shape index (κ2) is 13.7. The number of rotatable bonds is 12. The minimum absolute atomic E-state index is 0.288. The van der Waals surface area contributed by atoms with Crippen molar-refractivity contribution >= 4 is 31.7 Å². The van der Waals surface area contributed by atoms with Gasteiger partial charge >= 0.3 is 0 Å². The van der Waals surface area contributed by atoms with Crippen molar-refractivity contribution in [3.63, 3.8) is 0 Å². The minimum atomic E-state index is -1.66. The summed E-state index contributed by atoms with van der Waals surface area (Å²) in [4.78, 5) is 9.11. The Morgan fingerprint density at radius 1 is 1.02 bits per heavy atom. The predicted molar refractivity (Wildman–Crippen MR) is 190 cm³/mol. The van der Waals surface area contributed by atoms with Gasteiger partial charge < -0.3 is 20.4 Å². The zero-order valence-electron chi connectivity index (χ0n) is 28.7. The number of anilines is 2. The van der Waals surface area contributed by atoms with Crippen LogP contribution in [0.15, 0.2) is 30.5 Å². The fraction of sp³-hybridized carbons (Fsp3) is 0.703. The molecular formula is C37H55ClN6OSi. The van der Waals surface area contributed by atoms with Crippen molar-refractivity contribution in [2.24, 2.45) is 35.0 Å². The second-order valence-electron chi connectivity index (χ2n) is 16.7. The standard InChI is InChI=1S/C37H55ClN6OSi/c1-36(2,3)46(4,5)45-23-26-12-10-25(11-13-26)20-40-33-29-14-27-15-30(33)18-37(16-27,17-29)24-43-34-31(19-39)22-42-35(44-34)41-21-28-8-6-7-9-32(28)38/h6-9,22,25-27,29-30,33,40H,10-18,20-21,23-24H2,1-5H3,(H2,41,42,43,44)/t25-,26-,27?,29-,30+,33-,37-. The van der Waals surface area contributed by atoms with Crippen molar-refractivity contribution in [2.45, 2.75) is 109 Å². The van der Waals surface area contributed by atoms with E-state index in [0.29, 0.717) is 40.4 Å². The fourth-order valence-corrected chi connectivity index (χ4v) is 10.2. The number of benzene rings is 1. The average molecular weight is 663 g/mol. The number of aromatic nitrogens is 2. The molecule has 0 radical (unpaired) electrons. The molecule has 9 heteroatoms. The number of nitrogens with one attached hydrogen (secondary N) is 3. The molecule has 0 aliphatic heterocycles. The summed E-state index contributed by atoms with van der Waals surface area (Å²) < 4.78 is 6.58. The van der Waals surface area contributed by atoms with Crippen LogP contribution >= 0.6 is 11.6 Å². The normalized spacial score (nSPS) is 30.6. The molecule has 1 aromatic carbocycles. The molecule has 1 aromatic heterocycles. The van der Waals surface area contributed by atoms with E-state index >= 15 is 0 Å². The van der Waals surface area contributed by atoms with E-state index in [4.69, 9.17) is 21.0 Å². The molecule has 2 aromatic rings. The molecule has 0 spiro atoms. The van der Waals surface area contributed by atoms with Gasteiger partial charge in [0.15, 0.2) is 8.32 Å². The molecule has 5 atom stereocenters. The Morgan fingerprint density at radius 3 is 2.39 bits per heavy atom. The zero-order chi connectivity index (χ0) is 32.5. The summed E-state index contributed by atoms with van der Waals surface area (Å²) in [6, 6.07) is 10.7. The van der Waals surface area contributed by atoms with Gasteiger partial charge in [-0.25, -0.2) is 4.98 Å². The first-order chi connectivity index (χ1) is 21.9. The highest BCUT2D eigenvalue weighted by Gasteiger charge is 2.55. The van der Waals surface area contributed by atoms with Gasteiger partial charge in [-0.05, 0) is 129 Å². The van der Waals surface area contributed by atoms with Gasteiger partial charge in [0, 0.05) is 30.8 Å². The van der Waals surface area contributed by atoms with Crippen molar-refractivity contribution < 1.29 is 4.43 Å². The third kappa shape index (κ3) is 7.59. The van der Waals surface area contributed by atoms with Gasteiger partial charge in [-0.1, -0.05) is 50.6 Å². The first kappa shape index (κ1) is 33.7. The van der Waals surface area contributed by atoms with E-state index in [9.17, 15) is 5.26 Å². The van der Waals surface area contributed by atoms with Gasteiger partial charge in [0.25, 0.3) is 0 Å². The van der Waals surface area contributed by atoms with Crippen LogP contribution in [0.2, 0.25) is 23.2 Å². The van der Waals surface area contributed by atoms with Crippen molar-refractivity contribution in [1.29, 1.82) is 5.26 Å². The SMILES string of the molecule is CC(C)(C)[Si](C)(C)OC[C@H]1CC[C@H](CN[C@@H]2[C@@H]3CC4C[C@H]2C[C@@](CNc2nc(NCc5ccccc5Cl)ncc2C#N)(C4)C3)CC1. The van der Waals surface area contributed by atoms with Crippen LogP contribution in [-0.2, 0) is 11.0 Å². The van der Waals surface area contributed by atoms with Crippen LogP contribution in [0.25, 0.3) is 0 Å². The summed E-state index contributed by atoms with van der Waals surface area (Å²) in [5, 5.41) is 21.9. The Kier molecular flexibility index (Phi) is 10.1. The van der Waals surface area contributed by atoms with Crippen molar-refractivity contribution in [3.05, 3.63) is 46.6 Å². The molecule has 1 unspecified atom stereocenters. The lowest BCUT2D eigenvalue weighted by Gasteiger charge is -2.60. The van der Waals surface area contributed by atoms with E-state index in [-0.39, 0.29) is 5.04 Å². The van der Waals surface area contributed by atoms with Crippen LogP contribution < -0.4 is 16.0 Å². The summed E-state index contributed by atoms with van der Waals surface area (Å²) in [5.41, 5.74) is 1.77. The summed E-state index contributed by atoms with van der Waals surface area (Å²) >= 11 is 6.33. The van der Waals surface area contributed by atoms with Crippen LogP contribution in [0.3, 0.4) is 0 Å². The van der Waals surface area contributed by atoms with Gasteiger partial charge in [-0.2, -0.15) is 10.2 Å². The molecule has 5 fully saturated rings. The maximum absolute atomic E-state index is 9.80. The third-order valence-electron chi connectivity index (χ3n) is 12.4. The van der Waals surface area contributed by atoms with Gasteiger partial charge in [0.05, 0.1) is 6.20 Å². The van der Waals surface area contributed by atoms with Crippen LogP contribution in [0, 0.1) is 46.3 Å². The monoisotopic (exact) mass is 662 g/mol. The number of hydrogen-bond donors (Lipinski definition) is 3. The molecule has 7 rings (SSSR count). The second-order valence-corrected chi connectivity index (χ2v) is 21.9. The predicted octanol–water partition coefficient (Wildman–Crippen LogP) is 8.64. The number of halogens is 1. The third-order valence-corrected chi connectivity index (χ3v) is 17.3. The molecule has 250 valence electrons. The first-order valence-electron chi connectivity index (χ1n) is 17.8. The van der Waals surface area contributed by atoms with Gasteiger partial charge in [0.1, 0.15) is 17.5 Å². The molecule has 46 heavy (non-hydrogen) atoms. The molecule has 7 nitrogen and oxygen atoms in total. The van der Waals surface area contributed by atoms with Crippen molar-refractivity contribution in [1.82, 2.24) is 15.3 Å².